The number of nitrogens with one attached hydrogen (secondary N) is 1. The number of ether oxygens (including phenoxy) is 2. The van der Waals surface area contributed by atoms with Crippen molar-refractivity contribution in [3.8, 4) is 17.6 Å². The van der Waals surface area contributed by atoms with Crippen LogP contribution in [0.15, 0.2) is 42.5 Å². The van der Waals surface area contributed by atoms with Crippen LogP contribution in [0.1, 0.15) is 28.4 Å². The molecule has 0 fully saturated rings. The lowest BCUT2D eigenvalue weighted by Gasteiger charge is -2.12. The van der Waals surface area contributed by atoms with E-state index in [-0.39, 0.29) is 18.4 Å². The van der Waals surface area contributed by atoms with Gasteiger partial charge in [-0.1, -0.05) is 12.1 Å². The molecule has 0 radical (unpaired) electrons. The molecule has 7 heteroatoms. The summed E-state index contributed by atoms with van der Waals surface area (Å²) in [6.45, 7) is 2.39. The molecule has 2 aromatic rings. The fourth-order valence-electron chi connectivity index (χ4n) is 2.38. The third-order valence-electron chi connectivity index (χ3n) is 3.83. The molecule has 28 heavy (non-hydrogen) atoms. The number of hydrogen-bond acceptors (Lipinski definition) is 5. The summed E-state index contributed by atoms with van der Waals surface area (Å²) in [6, 6.07) is 13.9. The molecule has 2 amide bonds. The molecular formula is C21H23N3O4. The summed E-state index contributed by atoms with van der Waals surface area (Å²) in [5.74, 6) is 0.467. The number of benzene rings is 2. The van der Waals surface area contributed by atoms with Crippen molar-refractivity contribution in [2.24, 2.45) is 0 Å². The van der Waals surface area contributed by atoms with E-state index in [1.54, 1.807) is 56.6 Å². The van der Waals surface area contributed by atoms with Crippen LogP contribution in [0.25, 0.3) is 0 Å². The van der Waals surface area contributed by atoms with Crippen LogP contribution in [-0.2, 0) is 11.3 Å². The van der Waals surface area contributed by atoms with Crippen LogP contribution >= 0.6 is 0 Å². The Hall–Kier alpha value is -3.53. The Labute approximate surface area is 164 Å². The fraction of sp³-hybridized carbons (Fsp3) is 0.286. The van der Waals surface area contributed by atoms with Gasteiger partial charge in [-0.05, 0) is 36.8 Å². The first kappa shape index (κ1) is 20.8. The van der Waals surface area contributed by atoms with Crippen molar-refractivity contribution < 1.29 is 19.1 Å². The lowest BCUT2D eigenvalue weighted by molar-refractivity contribution is -0.123. The Kier molecular flexibility index (Phi) is 7.40. The van der Waals surface area contributed by atoms with Gasteiger partial charge in [-0.3, -0.25) is 9.59 Å². The molecule has 0 heterocycles. The van der Waals surface area contributed by atoms with Gasteiger partial charge in [-0.25, -0.2) is 0 Å². The summed E-state index contributed by atoms with van der Waals surface area (Å²) < 4.78 is 11.0. The van der Waals surface area contributed by atoms with E-state index in [9.17, 15) is 9.59 Å². The van der Waals surface area contributed by atoms with E-state index in [1.165, 1.54) is 4.90 Å². The van der Waals surface area contributed by atoms with E-state index >= 15 is 0 Å². The highest BCUT2D eigenvalue weighted by Gasteiger charge is 2.10. The monoisotopic (exact) mass is 381 g/mol. The molecule has 0 bridgehead atoms. The Balaban J connectivity index is 1.88. The third-order valence-corrected chi connectivity index (χ3v) is 3.83. The van der Waals surface area contributed by atoms with E-state index in [0.717, 1.165) is 5.56 Å². The van der Waals surface area contributed by atoms with Gasteiger partial charge in [0, 0.05) is 32.3 Å². The predicted octanol–water partition coefficient (Wildman–Crippen LogP) is 2.35. The van der Waals surface area contributed by atoms with E-state index in [2.05, 4.69) is 5.32 Å². The highest BCUT2D eigenvalue weighted by molar-refractivity contribution is 5.93. The third kappa shape index (κ3) is 5.74. The topological polar surface area (TPSA) is 91.7 Å². The first-order chi connectivity index (χ1) is 13.4. The average Bonchev–Trinajstić information content (AvgIpc) is 2.71. The van der Waals surface area contributed by atoms with Crippen molar-refractivity contribution in [1.29, 1.82) is 5.26 Å². The van der Waals surface area contributed by atoms with Gasteiger partial charge in [0.2, 0.25) is 0 Å². The molecule has 0 unspecified atom stereocenters. The molecule has 2 aromatic carbocycles. The van der Waals surface area contributed by atoms with Gasteiger partial charge in [-0.15, -0.1) is 0 Å². The zero-order valence-electron chi connectivity index (χ0n) is 16.2. The summed E-state index contributed by atoms with van der Waals surface area (Å²) >= 11 is 0. The van der Waals surface area contributed by atoms with Crippen molar-refractivity contribution in [3.05, 3.63) is 59.2 Å². The maximum Gasteiger partial charge on any atom is 0.258 e. The van der Waals surface area contributed by atoms with Crippen LogP contribution in [0.4, 0.5) is 0 Å². The van der Waals surface area contributed by atoms with Crippen LogP contribution in [-0.4, -0.2) is 44.0 Å². The quantitative estimate of drug-likeness (QED) is 0.758. The molecule has 0 spiro atoms. The van der Waals surface area contributed by atoms with Crippen molar-refractivity contribution in [1.82, 2.24) is 10.2 Å². The van der Waals surface area contributed by atoms with Crippen molar-refractivity contribution in [2.45, 2.75) is 13.5 Å². The van der Waals surface area contributed by atoms with Crippen LogP contribution in [0.2, 0.25) is 0 Å². The van der Waals surface area contributed by atoms with Crippen LogP contribution in [0.3, 0.4) is 0 Å². The van der Waals surface area contributed by atoms with Gasteiger partial charge in [0.15, 0.2) is 18.1 Å². The van der Waals surface area contributed by atoms with E-state index in [0.29, 0.717) is 35.8 Å². The highest BCUT2D eigenvalue weighted by Crippen LogP contribution is 2.28. The second-order valence-corrected chi connectivity index (χ2v) is 6.17. The van der Waals surface area contributed by atoms with Crippen molar-refractivity contribution in [2.75, 3.05) is 27.3 Å². The SMILES string of the molecule is CCOc1cc(C#N)ccc1OCC(=O)NCc1ccc(C(=O)N(C)C)cc1. The highest BCUT2D eigenvalue weighted by atomic mass is 16.5. The normalized spacial score (nSPS) is 9.93. The lowest BCUT2D eigenvalue weighted by Crippen LogP contribution is -2.28. The lowest BCUT2D eigenvalue weighted by atomic mass is 10.1. The largest absolute Gasteiger partial charge is 0.490 e. The van der Waals surface area contributed by atoms with Crippen molar-refractivity contribution in [3.63, 3.8) is 0 Å². The van der Waals surface area contributed by atoms with Gasteiger partial charge in [0.05, 0.1) is 18.2 Å². The number of carbonyl (C=O) groups excluding carboxylic acids is 2. The summed E-state index contributed by atoms with van der Waals surface area (Å²) in [5.41, 5.74) is 1.92. The average molecular weight is 381 g/mol. The summed E-state index contributed by atoms with van der Waals surface area (Å²) in [6.07, 6.45) is 0. The molecule has 0 aromatic heterocycles. The molecule has 0 aliphatic carbocycles. The molecule has 2 rings (SSSR count). The number of nitrogens with zero attached hydrogens (tertiary/aromatic N) is 2. The second kappa shape index (κ2) is 9.97. The number of carbonyl (C=O) groups is 2. The van der Waals surface area contributed by atoms with Gasteiger partial charge in [0.1, 0.15) is 0 Å². The molecular weight excluding hydrogens is 358 g/mol. The van der Waals surface area contributed by atoms with E-state index in [1.807, 2.05) is 13.0 Å². The standard InChI is InChI=1S/C21H23N3O4/c1-4-27-19-11-16(12-22)7-10-18(19)28-14-20(25)23-13-15-5-8-17(9-6-15)21(26)24(2)3/h5-11H,4,13-14H2,1-3H3,(H,23,25). The Bertz CT molecular complexity index is 870. The smallest absolute Gasteiger partial charge is 0.258 e. The number of nitriles is 1. The minimum atomic E-state index is -0.291. The van der Waals surface area contributed by atoms with Crippen LogP contribution in [0, 0.1) is 11.3 Å². The summed E-state index contributed by atoms with van der Waals surface area (Å²) in [4.78, 5) is 25.4. The molecule has 0 aliphatic heterocycles. The first-order valence-corrected chi connectivity index (χ1v) is 8.81. The fourth-order valence-corrected chi connectivity index (χ4v) is 2.38. The van der Waals surface area contributed by atoms with Gasteiger partial charge < -0.3 is 19.7 Å². The van der Waals surface area contributed by atoms with Crippen LogP contribution in [0.5, 0.6) is 11.5 Å². The Morgan fingerprint density at radius 2 is 1.79 bits per heavy atom. The Morgan fingerprint density at radius 1 is 1.07 bits per heavy atom. The second-order valence-electron chi connectivity index (χ2n) is 6.17. The minimum absolute atomic E-state index is 0.0727. The predicted molar refractivity (Wildman–Crippen MR) is 104 cm³/mol. The first-order valence-electron chi connectivity index (χ1n) is 8.81. The van der Waals surface area contributed by atoms with E-state index < -0.39 is 0 Å². The number of amides is 2. The van der Waals surface area contributed by atoms with Crippen LogP contribution < -0.4 is 14.8 Å². The van der Waals surface area contributed by atoms with Crippen molar-refractivity contribution >= 4 is 11.8 Å². The zero-order valence-corrected chi connectivity index (χ0v) is 16.2. The summed E-state index contributed by atoms with van der Waals surface area (Å²) in [5, 5.41) is 11.7. The molecule has 0 aliphatic rings. The summed E-state index contributed by atoms with van der Waals surface area (Å²) in [7, 11) is 3.39. The zero-order chi connectivity index (χ0) is 20.5. The molecule has 0 atom stereocenters. The minimum Gasteiger partial charge on any atom is -0.490 e. The maximum absolute atomic E-state index is 12.1. The maximum atomic E-state index is 12.1. The van der Waals surface area contributed by atoms with E-state index in [4.69, 9.17) is 14.7 Å². The number of hydrogen-bond donors (Lipinski definition) is 1. The molecule has 0 saturated heterocycles. The van der Waals surface area contributed by atoms with Gasteiger partial charge in [0.25, 0.3) is 11.8 Å². The van der Waals surface area contributed by atoms with Gasteiger partial charge >= 0.3 is 0 Å². The molecule has 0 saturated carbocycles. The molecule has 7 nitrogen and oxygen atoms in total. The van der Waals surface area contributed by atoms with Gasteiger partial charge in [-0.2, -0.15) is 5.26 Å². The number of rotatable bonds is 8. The molecule has 1 N–H and O–H groups in total. The Morgan fingerprint density at radius 3 is 2.39 bits per heavy atom. The molecule has 146 valence electrons.